The molecule has 0 bridgehead atoms. The number of benzene rings is 1. The standard InChI is InChI=1S/C15H18Cl2N4S/c1-4-8-20-11(2)18-21(15(20)22)10-19(3)9-12-6-5-7-13(16)14(12)17/h4-7H,1,8-10H2,2-3H3. The zero-order valence-corrected chi connectivity index (χ0v) is 14.9. The van der Waals surface area contributed by atoms with Crippen LogP contribution in [-0.2, 0) is 19.8 Å². The van der Waals surface area contributed by atoms with E-state index in [0.29, 0.717) is 34.6 Å². The Morgan fingerprint density at radius 2 is 2.14 bits per heavy atom. The summed E-state index contributed by atoms with van der Waals surface area (Å²) in [6.07, 6.45) is 1.81. The van der Waals surface area contributed by atoms with E-state index < -0.39 is 0 Å². The third kappa shape index (κ3) is 3.79. The lowest BCUT2D eigenvalue weighted by Crippen LogP contribution is -2.23. The largest absolute Gasteiger partial charge is 0.300 e. The fourth-order valence-corrected chi connectivity index (χ4v) is 2.91. The lowest BCUT2D eigenvalue weighted by atomic mass is 10.2. The van der Waals surface area contributed by atoms with E-state index in [1.807, 2.05) is 36.7 Å². The summed E-state index contributed by atoms with van der Waals surface area (Å²) in [6, 6.07) is 5.64. The number of aromatic nitrogens is 3. The third-order valence-corrected chi connectivity index (χ3v) is 4.56. The van der Waals surface area contributed by atoms with Crippen molar-refractivity contribution in [2.45, 2.75) is 26.7 Å². The maximum absolute atomic E-state index is 6.23. The van der Waals surface area contributed by atoms with E-state index in [4.69, 9.17) is 35.4 Å². The van der Waals surface area contributed by atoms with Crippen molar-refractivity contribution in [1.82, 2.24) is 19.2 Å². The van der Waals surface area contributed by atoms with Crippen LogP contribution in [0.3, 0.4) is 0 Å². The smallest absolute Gasteiger partial charge is 0.199 e. The molecule has 0 unspecified atom stereocenters. The summed E-state index contributed by atoms with van der Waals surface area (Å²) in [5.74, 6) is 0.874. The van der Waals surface area contributed by atoms with Gasteiger partial charge in [0.2, 0.25) is 0 Å². The average Bonchev–Trinajstić information content (AvgIpc) is 2.72. The summed E-state index contributed by atoms with van der Waals surface area (Å²) in [6.45, 7) is 7.57. The van der Waals surface area contributed by atoms with Crippen molar-refractivity contribution in [3.8, 4) is 0 Å². The van der Waals surface area contributed by atoms with E-state index in [1.54, 1.807) is 10.7 Å². The van der Waals surface area contributed by atoms with Crippen LogP contribution in [-0.4, -0.2) is 26.3 Å². The van der Waals surface area contributed by atoms with Crippen LogP contribution in [0.4, 0.5) is 0 Å². The Morgan fingerprint density at radius 3 is 2.82 bits per heavy atom. The van der Waals surface area contributed by atoms with Gasteiger partial charge in [0.25, 0.3) is 0 Å². The molecule has 0 radical (unpaired) electrons. The highest BCUT2D eigenvalue weighted by Gasteiger charge is 2.10. The number of aryl methyl sites for hydroxylation is 1. The first-order valence-corrected chi connectivity index (χ1v) is 7.97. The monoisotopic (exact) mass is 356 g/mol. The van der Waals surface area contributed by atoms with Gasteiger partial charge in [0.1, 0.15) is 5.82 Å². The maximum Gasteiger partial charge on any atom is 0.199 e. The molecule has 0 saturated heterocycles. The van der Waals surface area contributed by atoms with E-state index in [2.05, 4.69) is 16.6 Å². The Morgan fingerprint density at radius 1 is 1.41 bits per heavy atom. The van der Waals surface area contributed by atoms with Gasteiger partial charge in [0.15, 0.2) is 4.77 Å². The molecule has 0 amide bonds. The second-order valence-electron chi connectivity index (χ2n) is 5.10. The number of allylic oxidation sites excluding steroid dienone is 1. The molecule has 1 aromatic heterocycles. The molecular formula is C15H18Cl2N4S. The fourth-order valence-electron chi connectivity index (χ4n) is 2.22. The summed E-state index contributed by atoms with van der Waals surface area (Å²) in [7, 11) is 1.99. The zero-order valence-electron chi connectivity index (χ0n) is 12.6. The molecule has 4 nitrogen and oxygen atoms in total. The van der Waals surface area contributed by atoms with Gasteiger partial charge in [-0.15, -0.1) is 6.58 Å². The zero-order chi connectivity index (χ0) is 16.3. The summed E-state index contributed by atoms with van der Waals surface area (Å²) in [5, 5.41) is 5.63. The molecule has 0 aliphatic rings. The van der Waals surface area contributed by atoms with Gasteiger partial charge in [-0.25, -0.2) is 4.68 Å². The van der Waals surface area contributed by atoms with Gasteiger partial charge < -0.3 is 4.57 Å². The lowest BCUT2D eigenvalue weighted by Gasteiger charge is -2.17. The number of hydrogen-bond acceptors (Lipinski definition) is 3. The molecular weight excluding hydrogens is 339 g/mol. The van der Waals surface area contributed by atoms with Crippen molar-refractivity contribution >= 4 is 35.4 Å². The summed E-state index contributed by atoms with van der Waals surface area (Å²) >= 11 is 17.7. The molecule has 1 aromatic carbocycles. The normalized spacial score (nSPS) is 11.1. The molecule has 22 heavy (non-hydrogen) atoms. The first-order valence-electron chi connectivity index (χ1n) is 6.80. The molecule has 2 aromatic rings. The van der Waals surface area contributed by atoms with Crippen LogP contribution in [0.15, 0.2) is 30.9 Å². The predicted molar refractivity (Wildman–Crippen MR) is 93.9 cm³/mol. The predicted octanol–water partition coefficient (Wildman–Crippen LogP) is 4.30. The number of nitrogens with zero attached hydrogens (tertiary/aromatic N) is 4. The van der Waals surface area contributed by atoms with Crippen LogP contribution in [0.5, 0.6) is 0 Å². The van der Waals surface area contributed by atoms with Crippen LogP contribution in [0.2, 0.25) is 10.0 Å². The van der Waals surface area contributed by atoms with Gasteiger partial charge in [-0.3, -0.25) is 4.90 Å². The molecule has 0 atom stereocenters. The second-order valence-corrected chi connectivity index (χ2v) is 6.25. The van der Waals surface area contributed by atoms with Crippen molar-refractivity contribution < 1.29 is 0 Å². The lowest BCUT2D eigenvalue weighted by molar-refractivity contribution is 0.243. The van der Waals surface area contributed by atoms with Gasteiger partial charge in [0.05, 0.1) is 16.7 Å². The van der Waals surface area contributed by atoms with E-state index in [9.17, 15) is 0 Å². The minimum Gasteiger partial charge on any atom is -0.300 e. The molecule has 0 saturated carbocycles. The molecule has 0 N–H and O–H groups in total. The Labute approximate surface area is 145 Å². The minimum atomic E-state index is 0.565. The van der Waals surface area contributed by atoms with Gasteiger partial charge in [-0.2, -0.15) is 5.10 Å². The molecule has 2 rings (SSSR count). The molecule has 0 fully saturated rings. The van der Waals surface area contributed by atoms with Gasteiger partial charge in [0, 0.05) is 13.1 Å². The molecule has 0 aliphatic carbocycles. The summed E-state index contributed by atoms with van der Waals surface area (Å²) < 4.78 is 4.43. The number of halogens is 2. The molecule has 1 heterocycles. The Kier molecular flexibility index (Phi) is 5.81. The highest BCUT2D eigenvalue weighted by atomic mass is 35.5. The first kappa shape index (κ1) is 17.2. The van der Waals surface area contributed by atoms with Gasteiger partial charge in [-0.1, -0.05) is 41.4 Å². The Hall–Kier alpha value is -1.14. The van der Waals surface area contributed by atoms with Gasteiger partial charge >= 0.3 is 0 Å². The van der Waals surface area contributed by atoms with Crippen LogP contribution < -0.4 is 0 Å². The Balaban J connectivity index is 2.14. The highest BCUT2D eigenvalue weighted by molar-refractivity contribution is 7.71. The van der Waals surface area contributed by atoms with E-state index in [0.717, 1.165) is 11.4 Å². The van der Waals surface area contributed by atoms with Crippen molar-refractivity contribution in [2.24, 2.45) is 0 Å². The summed E-state index contributed by atoms with van der Waals surface area (Å²) in [4.78, 5) is 2.08. The number of rotatable bonds is 6. The quantitative estimate of drug-likeness (QED) is 0.569. The molecule has 7 heteroatoms. The van der Waals surface area contributed by atoms with Gasteiger partial charge in [-0.05, 0) is 37.8 Å². The van der Waals surface area contributed by atoms with Crippen LogP contribution >= 0.6 is 35.4 Å². The average molecular weight is 357 g/mol. The van der Waals surface area contributed by atoms with Crippen LogP contribution in [0.25, 0.3) is 0 Å². The maximum atomic E-state index is 6.23. The first-order chi connectivity index (χ1) is 10.4. The SMILES string of the molecule is C=CCn1c(C)nn(CN(C)Cc2cccc(Cl)c2Cl)c1=S. The topological polar surface area (TPSA) is 26.0 Å². The highest BCUT2D eigenvalue weighted by Crippen LogP contribution is 2.26. The number of hydrogen-bond donors (Lipinski definition) is 0. The fraction of sp³-hybridized carbons (Fsp3) is 0.333. The minimum absolute atomic E-state index is 0.565. The molecule has 118 valence electrons. The molecule has 0 aliphatic heterocycles. The van der Waals surface area contributed by atoms with E-state index >= 15 is 0 Å². The van der Waals surface area contributed by atoms with Crippen molar-refractivity contribution in [2.75, 3.05) is 7.05 Å². The van der Waals surface area contributed by atoms with Crippen LogP contribution in [0.1, 0.15) is 11.4 Å². The van der Waals surface area contributed by atoms with Crippen LogP contribution in [0, 0.1) is 11.7 Å². The Bertz CT molecular complexity index is 736. The van der Waals surface area contributed by atoms with Crippen molar-refractivity contribution in [3.05, 3.63) is 57.1 Å². The molecule has 0 spiro atoms. The van der Waals surface area contributed by atoms with Crippen molar-refractivity contribution in [3.63, 3.8) is 0 Å². The third-order valence-electron chi connectivity index (χ3n) is 3.27. The second kappa shape index (κ2) is 7.42. The summed E-state index contributed by atoms with van der Waals surface area (Å²) in [5.41, 5.74) is 0.977. The van der Waals surface area contributed by atoms with E-state index in [1.165, 1.54) is 0 Å². The van der Waals surface area contributed by atoms with E-state index in [-0.39, 0.29) is 0 Å². The van der Waals surface area contributed by atoms with Crippen molar-refractivity contribution in [1.29, 1.82) is 0 Å².